The smallest absolute Gasteiger partial charge is 0.156 e. The van der Waals surface area contributed by atoms with Crippen molar-refractivity contribution in [1.29, 1.82) is 0 Å². The van der Waals surface area contributed by atoms with Crippen molar-refractivity contribution in [2.24, 2.45) is 0 Å². The Labute approximate surface area is 166 Å². The fourth-order valence-electron chi connectivity index (χ4n) is 5.23. The van der Waals surface area contributed by atoms with Gasteiger partial charge >= 0.3 is 0 Å². The molecule has 3 aliphatic heterocycles. The van der Waals surface area contributed by atoms with Crippen molar-refractivity contribution in [3.63, 3.8) is 0 Å². The van der Waals surface area contributed by atoms with Gasteiger partial charge in [-0.05, 0) is 72.0 Å². The van der Waals surface area contributed by atoms with Gasteiger partial charge in [0, 0.05) is 30.7 Å². The van der Waals surface area contributed by atoms with Crippen LogP contribution in [0.4, 0.5) is 5.69 Å². The van der Waals surface area contributed by atoms with Crippen LogP contribution in [-0.4, -0.2) is 47.0 Å². The molecule has 0 unspecified atom stereocenters. The first-order valence-corrected chi connectivity index (χ1v) is 11.8. The van der Waals surface area contributed by atoms with E-state index in [1.165, 1.54) is 11.3 Å². The molecule has 1 saturated heterocycles. The lowest BCUT2D eigenvalue weighted by atomic mass is 9.87. The zero-order valence-electron chi connectivity index (χ0n) is 16.4. The largest absolute Gasteiger partial charge is 0.497 e. The molecule has 28 heavy (non-hydrogen) atoms. The summed E-state index contributed by atoms with van der Waals surface area (Å²) in [5.41, 5.74) is 6.86. The number of fused-ring (bicyclic) bond motifs is 3. The number of hydrogen-bond acceptors (Lipinski definition) is 5. The van der Waals surface area contributed by atoms with Crippen LogP contribution >= 0.6 is 0 Å². The van der Waals surface area contributed by atoms with E-state index in [9.17, 15) is 8.42 Å². The second kappa shape index (κ2) is 6.49. The summed E-state index contributed by atoms with van der Waals surface area (Å²) in [7, 11) is -1.41. The zero-order chi connectivity index (χ0) is 19.5. The normalized spacial score (nSPS) is 25.0. The van der Waals surface area contributed by atoms with E-state index in [4.69, 9.17) is 4.74 Å². The van der Waals surface area contributed by atoms with Gasteiger partial charge in [0.05, 0.1) is 18.6 Å². The fraction of sp³-hybridized carbons (Fsp3) is 0.455. The number of hydrogen-bond donors (Lipinski definition) is 1. The first-order chi connectivity index (χ1) is 13.5. The summed E-state index contributed by atoms with van der Waals surface area (Å²) in [6.45, 7) is 4.66. The minimum atomic E-state index is -3.08. The third kappa shape index (κ3) is 2.81. The van der Waals surface area contributed by atoms with Gasteiger partial charge in [0.25, 0.3) is 0 Å². The van der Waals surface area contributed by atoms with Crippen LogP contribution in [0.15, 0.2) is 30.3 Å². The maximum Gasteiger partial charge on any atom is 0.156 e. The van der Waals surface area contributed by atoms with Crippen molar-refractivity contribution in [2.75, 3.05) is 37.4 Å². The Morgan fingerprint density at radius 3 is 2.86 bits per heavy atom. The summed E-state index contributed by atoms with van der Waals surface area (Å²) in [6.07, 6.45) is 1.07. The highest BCUT2D eigenvalue weighted by molar-refractivity contribution is 7.90. The Bertz CT molecular complexity index is 1050. The van der Waals surface area contributed by atoms with Gasteiger partial charge in [-0.3, -0.25) is 0 Å². The molecule has 1 fully saturated rings. The van der Waals surface area contributed by atoms with Crippen molar-refractivity contribution in [1.82, 2.24) is 5.32 Å². The molecule has 0 amide bonds. The Morgan fingerprint density at radius 1 is 1.21 bits per heavy atom. The van der Waals surface area contributed by atoms with E-state index in [2.05, 4.69) is 35.3 Å². The SMILES string of the molecule is COc1ccc(-c2cc3c4c(c2)[C@@H]2CNCC[C@@H]2N4CCS(=O)(=O)C3)c(C)c1. The molecule has 0 aromatic heterocycles. The van der Waals surface area contributed by atoms with Gasteiger partial charge in [-0.15, -0.1) is 0 Å². The van der Waals surface area contributed by atoms with Crippen LogP contribution < -0.4 is 15.0 Å². The minimum Gasteiger partial charge on any atom is -0.497 e. The number of methoxy groups -OCH3 is 1. The highest BCUT2D eigenvalue weighted by Crippen LogP contribution is 2.48. The number of nitrogens with one attached hydrogen (secondary N) is 1. The van der Waals surface area contributed by atoms with E-state index in [1.807, 2.05) is 12.1 Å². The topological polar surface area (TPSA) is 58.6 Å². The van der Waals surface area contributed by atoms with E-state index >= 15 is 0 Å². The molecule has 0 saturated carbocycles. The summed E-state index contributed by atoms with van der Waals surface area (Å²) in [4.78, 5) is 2.39. The Kier molecular flexibility index (Phi) is 4.18. The van der Waals surface area contributed by atoms with Crippen molar-refractivity contribution in [3.05, 3.63) is 47.0 Å². The molecule has 5 rings (SSSR count). The molecule has 0 spiro atoms. The quantitative estimate of drug-likeness (QED) is 0.843. The summed E-state index contributed by atoms with van der Waals surface area (Å²) in [5, 5.41) is 3.54. The average Bonchev–Trinajstić information content (AvgIpc) is 2.92. The van der Waals surface area contributed by atoms with Gasteiger partial charge in [0.2, 0.25) is 0 Å². The highest BCUT2D eigenvalue weighted by Gasteiger charge is 2.43. The monoisotopic (exact) mass is 398 g/mol. The zero-order valence-corrected chi connectivity index (χ0v) is 17.2. The van der Waals surface area contributed by atoms with Crippen LogP contribution in [0.5, 0.6) is 5.75 Å². The van der Waals surface area contributed by atoms with E-state index in [-0.39, 0.29) is 11.5 Å². The van der Waals surface area contributed by atoms with Gasteiger partial charge in [-0.2, -0.15) is 0 Å². The number of benzene rings is 2. The van der Waals surface area contributed by atoms with E-state index in [0.29, 0.717) is 18.5 Å². The van der Waals surface area contributed by atoms with Crippen molar-refractivity contribution < 1.29 is 13.2 Å². The maximum atomic E-state index is 12.6. The molecule has 3 aliphatic rings. The molecule has 5 nitrogen and oxygen atoms in total. The molecule has 0 radical (unpaired) electrons. The lowest BCUT2D eigenvalue weighted by molar-refractivity contribution is 0.406. The Morgan fingerprint density at radius 2 is 2.07 bits per heavy atom. The second-order valence-corrected chi connectivity index (χ2v) is 10.4. The number of anilines is 1. The van der Waals surface area contributed by atoms with Crippen molar-refractivity contribution in [2.45, 2.75) is 31.1 Å². The molecule has 2 atom stereocenters. The van der Waals surface area contributed by atoms with Crippen LogP contribution in [0.25, 0.3) is 11.1 Å². The predicted molar refractivity (Wildman–Crippen MR) is 112 cm³/mol. The average molecular weight is 399 g/mol. The van der Waals surface area contributed by atoms with Gasteiger partial charge in [-0.1, -0.05) is 6.07 Å². The van der Waals surface area contributed by atoms with E-state index < -0.39 is 9.84 Å². The van der Waals surface area contributed by atoms with Crippen molar-refractivity contribution >= 4 is 15.5 Å². The molecular weight excluding hydrogens is 372 g/mol. The van der Waals surface area contributed by atoms with Crippen LogP contribution in [0.1, 0.15) is 29.0 Å². The molecule has 2 aromatic carbocycles. The van der Waals surface area contributed by atoms with Gasteiger partial charge in [0.1, 0.15) is 5.75 Å². The number of ether oxygens (including phenoxy) is 1. The number of rotatable bonds is 2. The Balaban J connectivity index is 1.70. The summed E-state index contributed by atoms with van der Waals surface area (Å²) in [6, 6.07) is 10.9. The minimum absolute atomic E-state index is 0.141. The summed E-state index contributed by atoms with van der Waals surface area (Å²) in [5.74, 6) is 1.66. The third-order valence-corrected chi connectivity index (χ3v) is 8.07. The molecule has 6 heteroatoms. The fourth-order valence-corrected chi connectivity index (χ4v) is 6.54. The van der Waals surface area contributed by atoms with Crippen LogP contribution in [0, 0.1) is 6.92 Å². The molecule has 0 aliphatic carbocycles. The molecular formula is C22H26N2O3S. The maximum absolute atomic E-state index is 12.6. The third-order valence-electron chi connectivity index (χ3n) is 6.51. The highest BCUT2D eigenvalue weighted by atomic mass is 32.2. The standard InChI is InChI=1S/C22H26N2O3S/c1-14-9-17(27-2)3-4-18(14)15-10-16-13-28(25,26)8-7-24-21-5-6-23-12-20(21)19(11-15)22(16)24/h3-4,9-11,20-21,23H,5-8,12-13H2,1-2H3/t20-,21-/m0/s1. The van der Waals surface area contributed by atoms with E-state index in [0.717, 1.165) is 47.5 Å². The molecule has 2 aromatic rings. The number of aryl methyl sites for hydroxylation is 1. The van der Waals surface area contributed by atoms with Crippen LogP contribution in [0.2, 0.25) is 0 Å². The van der Waals surface area contributed by atoms with Gasteiger partial charge in [-0.25, -0.2) is 8.42 Å². The van der Waals surface area contributed by atoms with Crippen molar-refractivity contribution in [3.8, 4) is 16.9 Å². The number of sulfone groups is 1. The predicted octanol–water partition coefficient (Wildman–Crippen LogP) is 2.86. The van der Waals surface area contributed by atoms with Crippen LogP contribution in [-0.2, 0) is 15.6 Å². The Hall–Kier alpha value is -2.05. The van der Waals surface area contributed by atoms with Gasteiger partial charge in [0.15, 0.2) is 9.84 Å². The lowest BCUT2D eigenvalue weighted by Gasteiger charge is -2.33. The van der Waals surface area contributed by atoms with Gasteiger partial charge < -0.3 is 15.0 Å². The summed E-state index contributed by atoms with van der Waals surface area (Å²) < 4.78 is 30.6. The molecule has 3 heterocycles. The number of nitrogens with zero attached hydrogens (tertiary/aromatic N) is 1. The first kappa shape index (κ1) is 18.0. The molecule has 148 valence electrons. The number of piperidine rings is 1. The van der Waals surface area contributed by atoms with E-state index in [1.54, 1.807) is 7.11 Å². The molecule has 0 bridgehead atoms. The van der Waals surface area contributed by atoms with Crippen LogP contribution in [0.3, 0.4) is 0 Å². The first-order valence-electron chi connectivity index (χ1n) is 9.96. The summed E-state index contributed by atoms with van der Waals surface area (Å²) >= 11 is 0. The molecule has 1 N–H and O–H groups in total. The lowest BCUT2D eigenvalue weighted by Crippen LogP contribution is -2.45. The second-order valence-electron chi connectivity index (χ2n) is 8.21.